The Morgan fingerprint density at radius 1 is 1.16 bits per heavy atom. The number of hydrogen-bond acceptors (Lipinski definition) is 5. The number of likely N-dealkylation sites (N-methyl/N-ethyl adjacent to an activating group) is 1. The molecule has 0 radical (unpaired) electrons. The SMILES string of the molecule is CCCCCCc1nc(C(N)CN(CC)CC)no1. The maximum absolute atomic E-state index is 6.11. The number of hydrogen-bond donors (Lipinski definition) is 1. The van der Waals surface area contributed by atoms with E-state index in [4.69, 9.17) is 10.3 Å². The Morgan fingerprint density at radius 3 is 2.53 bits per heavy atom. The largest absolute Gasteiger partial charge is 0.339 e. The van der Waals surface area contributed by atoms with Crippen molar-refractivity contribution in [2.45, 2.75) is 58.9 Å². The van der Waals surface area contributed by atoms with Gasteiger partial charge in [-0.3, -0.25) is 0 Å². The second kappa shape index (κ2) is 9.04. The maximum Gasteiger partial charge on any atom is 0.226 e. The van der Waals surface area contributed by atoms with Gasteiger partial charge in [0, 0.05) is 13.0 Å². The van der Waals surface area contributed by atoms with Gasteiger partial charge in [0.2, 0.25) is 5.89 Å². The van der Waals surface area contributed by atoms with Crippen molar-refractivity contribution >= 4 is 0 Å². The quantitative estimate of drug-likeness (QED) is 0.660. The first kappa shape index (κ1) is 16.1. The van der Waals surface area contributed by atoms with Gasteiger partial charge in [-0.2, -0.15) is 4.98 Å². The topological polar surface area (TPSA) is 68.2 Å². The fraction of sp³-hybridized carbons (Fsp3) is 0.857. The molecule has 1 heterocycles. The second-order valence-corrected chi connectivity index (χ2v) is 4.95. The highest BCUT2D eigenvalue weighted by molar-refractivity contribution is 4.94. The van der Waals surface area contributed by atoms with Crippen molar-refractivity contribution < 1.29 is 4.52 Å². The lowest BCUT2D eigenvalue weighted by Crippen LogP contribution is -2.32. The van der Waals surface area contributed by atoms with Crippen LogP contribution in [0.3, 0.4) is 0 Å². The van der Waals surface area contributed by atoms with Gasteiger partial charge in [0.05, 0.1) is 6.04 Å². The molecule has 0 saturated heterocycles. The van der Waals surface area contributed by atoms with Crippen molar-refractivity contribution in [3.05, 3.63) is 11.7 Å². The van der Waals surface area contributed by atoms with E-state index in [2.05, 4.69) is 35.8 Å². The normalized spacial score (nSPS) is 13.1. The third kappa shape index (κ3) is 5.70. The van der Waals surface area contributed by atoms with Crippen LogP contribution >= 0.6 is 0 Å². The third-order valence-electron chi connectivity index (χ3n) is 3.41. The molecule has 1 atom stereocenters. The van der Waals surface area contributed by atoms with Crippen LogP contribution in [0.25, 0.3) is 0 Å². The Kier molecular flexibility index (Phi) is 7.67. The van der Waals surface area contributed by atoms with Gasteiger partial charge in [0.15, 0.2) is 5.82 Å². The molecule has 0 aliphatic carbocycles. The number of aryl methyl sites for hydroxylation is 1. The molecule has 0 amide bonds. The Morgan fingerprint density at radius 2 is 1.89 bits per heavy atom. The van der Waals surface area contributed by atoms with Crippen LogP contribution in [0.4, 0.5) is 0 Å². The van der Waals surface area contributed by atoms with E-state index in [-0.39, 0.29) is 6.04 Å². The number of unbranched alkanes of at least 4 members (excludes halogenated alkanes) is 3. The van der Waals surface area contributed by atoms with Gasteiger partial charge in [-0.25, -0.2) is 0 Å². The zero-order chi connectivity index (χ0) is 14.1. The number of rotatable bonds is 10. The molecule has 5 heteroatoms. The van der Waals surface area contributed by atoms with Gasteiger partial charge < -0.3 is 15.2 Å². The van der Waals surface area contributed by atoms with E-state index in [1.54, 1.807) is 0 Å². The third-order valence-corrected chi connectivity index (χ3v) is 3.41. The lowest BCUT2D eigenvalue weighted by Gasteiger charge is -2.20. The van der Waals surface area contributed by atoms with Crippen LogP contribution in [-0.4, -0.2) is 34.7 Å². The van der Waals surface area contributed by atoms with Crippen molar-refractivity contribution in [3.8, 4) is 0 Å². The van der Waals surface area contributed by atoms with Gasteiger partial charge in [0.25, 0.3) is 0 Å². The summed E-state index contributed by atoms with van der Waals surface area (Å²) in [6, 6.07) is -0.159. The first-order valence-electron chi connectivity index (χ1n) is 7.51. The van der Waals surface area contributed by atoms with Gasteiger partial charge in [-0.1, -0.05) is 45.2 Å². The van der Waals surface area contributed by atoms with Crippen LogP contribution in [0, 0.1) is 0 Å². The van der Waals surface area contributed by atoms with Crippen LogP contribution in [0.15, 0.2) is 4.52 Å². The Hall–Kier alpha value is -0.940. The second-order valence-electron chi connectivity index (χ2n) is 4.95. The monoisotopic (exact) mass is 268 g/mol. The molecular weight excluding hydrogens is 240 g/mol. The molecule has 19 heavy (non-hydrogen) atoms. The van der Waals surface area contributed by atoms with Crippen LogP contribution < -0.4 is 5.73 Å². The molecule has 0 aromatic carbocycles. The number of aromatic nitrogens is 2. The summed E-state index contributed by atoms with van der Waals surface area (Å²) in [7, 11) is 0. The lowest BCUT2D eigenvalue weighted by molar-refractivity contribution is 0.277. The van der Waals surface area contributed by atoms with Crippen molar-refractivity contribution in [1.29, 1.82) is 0 Å². The first-order chi connectivity index (χ1) is 9.21. The van der Waals surface area contributed by atoms with Gasteiger partial charge in [0.1, 0.15) is 0 Å². The zero-order valence-corrected chi connectivity index (χ0v) is 12.6. The molecule has 0 fully saturated rings. The summed E-state index contributed by atoms with van der Waals surface area (Å²) in [6.45, 7) is 9.23. The average Bonchev–Trinajstić information content (AvgIpc) is 2.89. The van der Waals surface area contributed by atoms with Crippen molar-refractivity contribution in [3.63, 3.8) is 0 Å². The van der Waals surface area contributed by atoms with E-state index in [9.17, 15) is 0 Å². The Labute approximate surface area is 116 Å². The summed E-state index contributed by atoms with van der Waals surface area (Å²) in [4.78, 5) is 6.67. The van der Waals surface area contributed by atoms with Crippen LogP contribution in [0.1, 0.15) is 64.2 Å². The van der Waals surface area contributed by atoms with E-state index in [1.807, 2.05) is 0 Å². The number of nitrogens with zero attached hydrogens (tertiary/aromatic N) is 3. The molecule has 0 spiro atoms. The molecule has 110 valence electrons. The van der Waals surface area contributed by atoms with Crippen molar-refractivity contribution in [2.75, 3.05) is 19.6 Å². The lowest BCUT2D eigenvalue weighted by atomic mass is 10.1. The van der Waals surface area contributed by atoms with E-state index >= 15 is 0 Å². The molecule has 0 aliphatic heterocycles. The van der Waals surface area contributed by atoms with Gasteiger partial charge in [-0.05, 0) is 19.5 Å². The van der Waals surface area contributed by atoms with Crippen molar-refractivity contribution in [2.24, 2.45) is 5.73 Å². The summed E-state index contributed by atoms with van der Waals surface area (Å²) < 4.78 is 5.26. The van der Waals surface area contributed by atoms with Gasteiger partial charge >= 0.3 is 0 Å². The highest BCUT2D eigenvalue weighted by Crippen LogP contribution is 2.11. The summed E-state index contributed by atoms with van der Waals surface area (Å²) in [5, 5.41) is 4.00. The summed E-state index contributed by atoms with van der Waals surface area (Å²) in [6.07, 6.45) is 5.71. The molecule has 1 aromatic rings. The Bertz CT molecular complexity index is 336. The fourth-order valence-corrected chi connectivity index (χ4v) is 2.06. The molecule has 0 aliphatic rings. The average molecular weight is 268 g/mol. The van der Waals surface area contributed by atoms with Gasteiger partial charge in [-0.15, -0.1) is 0 Å². The maximum atomic E-state index is 6.11. The predicted octanol–water partition coefficient (Wildman–Crippen LogP) is 2.53. The summed E-state index contributed by atoms with van der Waals surface area (Å²) >= 11 is 0. The molecule has 1 aromatic heterocycles. The van der Waals surface area contributed by atoms with E-state index in [0.29, 0.717) is 5.82 Å². The molecule has 1 unspecified atom stereocenters. The van der Waals surface area contributed by atoms with E-state index in [0.717, 1.165) is 38.4 Å². The van der Waals surface area contributed by atoms with Crippen LogP contribution in [0.2, 0.25) is 0 Å². The first-order valence-corrected chi connectivity index (χ1v) is 7.51. The van der Waals surface area contributed by atoms with E-state index in [1.165, 1.54) is 19.3 Å². The van der Waals surface area contributed by atoms with Crippen molar-refractivity contribution in [1.82, 2.24) is 15.0 Å². The van der Waals surface area contributed by atoms with E-state index < -0.39 is 0 Å². The minimum atomic E-state index is -0.159. The minimum Gasteiger partial charge on any atom is -0.339 e. The number of nitrogens with two attached hydrogens (primary N) is 1. The molecule has 0 saturated carbocycles. The zero-order valence-electron chi connectivity index (χ0n) is 12.6. The standard InChI is InChI=1S/C14H28N4O/c1-4-7-8-9-10-13-16-14(17-19-13)12(15)11-18(5-2)6-3/h12H,4-11,15H2,1-3H3. The molecule has 5 nitrogen and oxygen atoms in total. The highest BCUT2D eigenvalue weighted by Gasteiger charge is 2.16. The molecule has 0 bridgehead atoms. The molecule has 1 rings (SSSR count). The Balaban J connectivity index is 2.40. The predicted molar refractivity (Wildman–Crippen MR) is 76.9 cm³/mol. The van der Waals surface area contributed by atoms with Crippen LogP contribution in [0.5, 0.6) is 0 Å². The summed E-state index contributed by atoms with van der Waals surface area (Å²) in [5.74, 6) is 1.36. The van der Waals surface area contributed by atoms with Crippen LogP contribution in [-0.2, 0) is 6.42 Å². The minimum absolute atomic E-state index is 0.159. The smallest absolute Gasteiger partial charge is 0.226 e. The summed E-state index contributed by atoms with van der Waals surface area (Å²) in [5.41, 5.74) is 6.11. The fourth-order valence-electron chi connectivity index (χ4n) is 2.06. The molecular formula is C14H28N4O. The molecule has 2 N–H and O–H groups in total. The highest BCUT2D eigenvalue weighted by atomic mass is 16.5.